The molecule has 3 heterocycles. The summed E-state index contributed by atoms with van der Waals surface area (Å²) in [5.41, 5.74) is 1.92. The van der Waals surface area contributed by atoms with Crippen molar-refractivity contribution in [1.29, 1.82) is 5.26 Å². The van der Waals surface area contributed by atoms with Crippen LogP contribution in [-0.4, -0.2) is 77.5 Å². The van der Waals surface area contributed by atoms with Gasteiger partial charge in [0.25, 0.3) is 0 Å². The number of amides is 1. The molecule has 0 radical (unpaired) electrons. The van der Waals surface area contributed by atoms with Crippen LogP contribution in [0.2, 0.25) is 0 Å². The third kappa shape index (κ3) is 7.64. The van der Waals surface area contributed by atoms with Gasteiger partial charge in [-0.15, -0.1) is 0 Å². The van der Waals surface area contributed by atoms with Gasteiger partial charge in [0, 0.05) is 38.3 Å². The first-order valence-corrected chi connectivity index (χ1v) is 16.5. The molecule has 230 valence electrons. The molecule has 1 saturated heterocycles. The summed E-state index contributed by atoms with van der Waals surface area (Å²) in [5.74, 6) is 1.00. The molecule has 1 aromatic heterocycles. The van der Waals surface area contributed by atoms with Gasteiger partial charge >= 0.3 is 6.09 Å². The van der Waals surface area contributed by atoms with E-state index < -0.39 is 15.6 Å². The topological polar surface area (TPSA) is 141 Å². The fraction of sp³-hybridized carbons (Fsp3) is 0.548. The summed E-state index contributed by atoms with van der Waals surface area (Å²) >= 11 is 0. The number of ether oxygens (including phenoxy) is 1. The van der Waals surface area contributed by atoms with Crippen molar-refractivity contribution >= 4 is 33.5 Å². The summed E-state index contributed by atoms with van der Waals surface area (Å²) in [6, 6.07) is 9.53. The number of hydrogen-bond donors (Lipinski definition) is 2. The number of carbonyl (C=O) groups excluding carboxylic acids is 1. The molecule has 0 bridgehead atoms. The highest BCUT2D eigenvalue weighted by Gasteiger charge is 2.30. The van der Waals surface area contributed by atoms with E-state index in [1.807, 2.05) is 39.0 Å². The van der Waals surface area contributed by atoms with Crippen LogP contribution in [0.3, 0.4) is 0 Å². The highest BCUT2D eigenvalue weighted by molar-refractivity contribution is 7.89. The van der Waals surface area contributed by atoms with E-state index in [4.69, 9.17) is 4.74 Å². The third-order valence-corrected chi connectivity index (χ3v) is 10.0. The first-order chi connectivity index (χ1) is 20.5. The van der Waals surface area contributed by atoms with Crippen LogP contribution in [0.15, 0.2) is 41.4 Å². The average Bonchev–Trinajstić information content (AvgIpc) is 3.50. The Bertz CT molecular complexity index is 1480. The molecule has 1 amide bonds. The smallest absolute Gasteiger partial charge is 0.410 e. The molecule has 0 atom stereocenters. The Kier molecular flexibility index (Phi) is 9.22. The van der Waals surface area contributed by atoms with Crippen molar-refractivity contribution in [3.63, 3.8) is 0 Å². The van der Waals surface area contributed by atoms with E-state index in [9.17, 15) is 18.5 Å². The largest absolute Gasteiger partial charge is 0.444 e. The number of carbonyl (C=O) groups is 1. The second kappa shape index (κ2) is 12.9. The molecule has 11 nitrogen and oxygen atoms in total. The van der Waals surface area contributed by atoms with Gasteiger partial charge in [0.1, 0.15) is 23.1 Å². The molecule has 5 rings (SSSR count). The fourth-order valence-electron chi connectivity index (χ4n) is 5.74. The van der Waals surface area contributed by atoms with Gasteiger partial charge in [-0.05, 0) is 76.1 Å². The summed E-state index contributed by atoms with van der Waals surface area (Å²) in [4.78, 5) is 23.2. The van der Waals surface area contributed by atoms with Crippen LogP contribution in [-0.2, 0) is 14.8 Å². The lowest BCUT2D eigenvalue weighted by atomic mass is 10.00. The van der Waals surface area contributed by atoms with Crippen molar-refractivity contribution in [3.05, 3.63) is 47.7 Å². The number of rotatable bonds is 7. The molecule has 2 N–H and O–H groups in total. The Morgan fingerprint density at radius 2 is 1.70 bits per heavy atom. The van der Waals surface area contributed by atoms with E-state index in [0.29, 0.717) is 68.8 Å². The van der Waals surface area contributed by atoms with Crippen LogP contribution in [0, 0.1) is 11.3 Å². The number of hydrogen-bond acceptors (Lipinski definition) is 9. The van der Waals surface area contributed by atoms with Gasteiger partial charge in [-0.25, -0.2) is 18.2 Å². The lowest BCUT2D eigenvalue weighted by molar-refractivity contribution is 0.0270. The number of nitriles is 1. The number of benzene rings is 1. The zero-order valence-corrected chi connectivity index (χ0v) is 26.0. The molecule has 1 saturated carbocycles. The van der Waals surface area contributed by atoms with E-state index in [1.54, 1.807) is 17.0 Å². The summed E-state index contributed by atoms with van der Waals surface area (Å²) in [6.45, 7) is 7.33. The minimum atomic E-state index is -3.63. The minimum absolute atomic E-state index is 0.0274. The van der Waals surface area contributed by atoms with Crippen LogP contribution in [0.5, 0.6) is 0 Å². The number of nitrogens with one attached hydrogen (secondary N) is 2. The second-order valence-corrected chi connectivity index (χ2v) is 14.4. The zero-order valence-electron chi connectivity index (χ0n) is 25.2. The highest BCUT2D eigenvalue weighted by Crippen LogP contribution is 2.28. The lowest BCUT2D eigenvalue weighted by Crippen LogP contribution is -2.42. The third-order valence-electron chi connectivity index (χ3n) is 8.12. The summed E-state index contributed by atoms with van der Waals surface area (Å²) in [5, 5.41) is 16.2. The van der Waals surface area contributed by atoms with Gasteiger partial charge in [-0.1, -0.05) is 31.1 Å². The SMILES string of the molecule is CC(C)(C)OC(=O)N1CC=C(c2ccc(S(=O)(=O)N3CCC(Nc4ncc(C#N)c(NC5CCCC5)n4)CC3)cc2)CC1. The molecule has 43 heavy (non-hydrogen) atoms. The number of nitrogens with zero attached hydrogens (tertiary/aromatic N) is 5. The molecule has 2 fully saturated rings. The van der Waals surface area contributed by atoms with Gasteiger partial charge in [-0.2, -0.15) is 14.6 Å². The predicted octanol–water partition coefficient (Wildman–Crippen LogP) is 4.99. The molecule has 1 aliphatic carbocycles. The fourth-order valence-corrected chi connectivity index (χ4v) is 7.21. The van der Waals surface area contributed by atoms with Crippen molar-refractivity contribution in [2.45, 2.75) is 88.3 Å². The van der Waals surface area contributed by atoms with Crippen LogP contribution >= 0.6 is 0 Å². The Balaban J connectivity index is 1.15. The minimum Gasteiger partial charge on any atom is -0.444 e. The molecule has 0 unspecified atom stereocenters. The summed E-state index contributed by atoms with van der Waals surface area (Å²) in [6.07, 6.45) is 9.61. The standard InChI is InChI=1S/C31H41N7O4S/c1-31(2,3)42-30(39)37-16-12-23(13-17-37)22-8-10-27(11-9-22)43(40,41)38-18-14-26(15-19-38)35-29-33-21-24(20-32)28(36-29)34-25-6-4-5-7-25/h8-12,21,25-26H,4-7,13-19H2,1-3H3,(H2,33,34,35,36). The zero-order chi connectivity index (χ0) is 30.6. The van der Waals surface area contributed by atoms with Gasteiger partial charge in [0.15, 0.2) is 0 Å². The van der Waals surface area contributed by atoms with Gasteiger partial charge in [0.05, 0.1) is 11.1 Å². The lowest BCUT2D eigenvalue weighted by Gasteiger charge is -2.32. The van der Waals surface area contributed by atoms with Gasteiger partial charge < -0.3 is 20.3 Å². The molecular weight excluding hydrogens is 566 g/mol. The predicted molar refractivity (Wildman–Crippen MR) is 165 cm³/mol. The molecule has 2 aromatic rings. The average molecular weight is 608 g/mol. The number of sulfonamides is 1. The van der Waals surface area contributed by atoms with Crippen molar-refractivity contribution in [1.82, 2.24) is 19.2 Å². The van der Waals surface area contributed by atoms with Crippen molar-refractivity contribution in [2.75, 3.05) is 36.8 Å². The van der Waals surface area contributed by atoms with Crippen LogP contribution in [0.25, 0.3) is 5.57 Å². The quantitative estimate of drug-likeness (QED) is 0.445. The van der Waals surface area contributed by atoms with Crippen LogP contribution in [0.1, 0.15) is 76.8 Å². The van der Waals surface area contributed by atoms with E-state index in [2.05, 4.69) is 26.7 Å². The maximum atomic E-state index is 13.4. The molecule has 3 aliphatic rings. The van der Waals surface area contributed by atoms with E-state index in [1.165, 1.54) is 23.3 Å². The summed E-state index contributed by atoms with van der Waals surface area (Å²) < 4.78 is 33.8. The molecule has 1 aromatic carbocycles. The maximum Gasteiger partial charge on any atom is 0.410 e. The molecule has 12 heteroatoms. The summed E-state index contributed by atoms with van der Waals surface area (Å²) in [7, 11) is -3.63. The van der Waals surface area contributed by atoms with Gasteiger partial charge in [0.2, 0.25) is 16.0 Å². The van der Waals surface area contributed by atoms with E-state index >= 15 is 0 Å². The Morgan fingerprint density at radius 3 is 2.30 bits per heavy atom. The van der Waals surface area contributed by atoms with Crippen LogP contribution < -0.4 is 10.6 Å². The first-order valence-electron chi connectivity index (χ1n) is 15.1. The monoisotopic (exact) mass is 607 g/mol. The highest BCUT2D eigenvalue weighted by atomic mass is 32.2. The Morgan fingerprint density at radius 1 is 1.02 bits per heavy atom. The first kappa shape index (κ1) is 30.8. The molecule has 0 spiro atoms. The van der Waals surface area contributed by atoms with E-state index in [0.717, 1.165) is 24.0 Å². The normalized spacial score (nSPS) is 19.0. The Hall–Kier alpha value is -3.69. The second-order valence-electron chi connectivity index (χ2n) is 12.4. The Labute approximate surface area is 254 Å². The van der Waals surface area contributed by atoms with Crippen molar-refractivity contribution in [2.24, 2.45) is 0 Å². The van der Waals surface area contributed by atoms with Gasteiger partial charge in [-0.3, -0.25) is 0 Å². The number of piperidine rings is 1. The van der Waals surface area contributed by atoms with Crippen LogP contribution in [0.4, 0.5) is 16.6 Å². The van der Waals surface area contributed by atoms with E-state index in [-0.39, 0.29) is 17.0 Å². The van der Waals surface area contributed by atoms with Crippen molar-refractivity contribution < 1.29 is 17.9 Å². The molecule has 2 aliphatic heterocycles. The van der Waals surface area contributed by atoms with Crippen molar-refractivity contribution in [3.8, 4) is 6.07 Å². The number of anilines is 2. The number of aromatic nitrogens is 2. The molecular formula is C31H41N7O4S. The maximum absolute atomic E-state index is 13.4.